The normalized spacial score (nSPS) is 16.8. The Morgan fingerprint density at radius 2 is 2.50 bits per heavy atom. The third-order valence-corrected chi connectivity index (χ3v) is 0.696. The van der Waals surface area contributed by atoms with Crippen LogP contribution in [0.15, 0.2) is 29.4 Å². The van der Waals surface area contributed by atoms with Crippen LogP contribution in [0.4, 0.5) is 0 Å². The Morgan fingerprint density at radius 1 is 1.62 bits per heavy atom. The van der Waals surface area contributed by atoms with Crippen LogP contribution in [0.25, 0.3) is 0 Å². The van der Waals surface area contributed by atoms with Gasteiger partial charge in [0.1, 0.15) is 0 Å². The summed E-state index contributed by atoms with van der Waals surface area (Å²) < 4.78 is 0. The fraction of sp³-hybridized carbons (Fsp3) is 0. The molecule has 0 aromatic heterocycles. The van der Waals surface area contributed by atoms with Gasteiger partial charge in [-0.25, -0.2) is 0 Å². The fourth-order valence-electron chi connectivity index (χ4n) is 0.377. The lowest BCUT2D eigenvalue weighted by molar-refractivity contribution is 0.381. The van der Waals surface area contributed by atoms with Gasteiger partial charge < -0.3 is 10.4 Å². The molecule has 0 unspecified atom stereocenters. The number of rotatable bonds is 0. The quantitative estimate of drug-likeness (QED) is 0.477. The van der Waals surface area contributed by atoms with Crippen LogP contribution < -0.4 is 5.32 Å². The largest absolute Gasteiger partial charge is 0.493 e. The first kappa shape index (κ1) is 4.90. The van der Waals surface area contributed by atoms with Crippen molar-refractivity contribution in [3.05, 3.63) is 24.4 Å². The number of nitrogens with zero attached hydrogens (tertiary/aromatic N) is 1. The SMILES string of the molecule is OC1=CN=CC=CN1. The minimum atomic E-state index is 0.0648. The van der Waals surface area contributed by atoms with Crippen LogP contribution in [0.3, 0.4) is 0 Å². The van der Waals surface area contributed by atoms with Gasteiger partial charge in [0, 0.05) is 12.4 Å². The molecule has 0 aromatic rings. The molecule has 1 aliphatic heterocycles. The predicted octanol–water partition coefficient (Wildman–Crippen LogP) is 0.531. The second kappa shape index (κ2) is 2.16. The third-order valence-electron chi connectivity index (χ3n) is 0.696. The molecule has 0 saturated heterocycles. The van der Waals surface area contributed by atoms with Crippen molar-refractivity contribution in [2.24, 2.45) is 4.99 Å². The van der Waals surface area contributed by atoms with Gasteiger partial charge >= 0.3 is 0 Å². The molecule has 1 heterocycles. The molecule has 0 spiro atoms. The van der Waals surface area contributed by atoms with Gasteiger partial charge in [-0.05, 0) is 6.08 Å². The van der Waals surface area contributed by atoms with E-state index < -0.39 is 0 Å². The Hall–Kier alpha value is -1.25. The first-order chi connectivity index (χ1) is 3.89. The highest BCUT2D eigenvalue weighted by molar-refractivity contribution is 5.71. The number of hydrogen-bond donors (Lipinski definition) is 2. The van der Waals surface area contributed by atoms with Crippen LogP contribution in [0.5, 0.6) is 0 Å². The molecular formula is C5H6N2O. The zero-order valence-corrected chi connectivity index (χ0v) is 4.20. The third kappa shape index (κ3) is 1.11. The summed E-state index contributed by atoms with van der Waals surface area (Å²) in [6, 6.07) is 0. The van der Waals surface area contributed by atoms with Crippen LogP contribution in [-0.2, 0) is 0 Å². The van der Waals surface area contributed by atoms with Crippen LogP contribution in [0.1, 0.15) is 0 Å². The van der Waals surface area contributed by atoms with Gasteiger partial charge in [-0.1, -0.05) is 0 Å². The molecule has 0 aliphatic carbocycles. The van der Waals surface area contributed by atoms with Crippen molar-refractivity contribution in [2.45, 2.75) is 0 Å². The molecule has 0 atom stereocenters. The maximum atomic E-state index is 8.67. The summed E-state index contributed by atoms with van der Waals surface area (Å²) in [5.41, 5.74) is 0. The second-order valence-electron chi connectivity index (χ2n) is 1.32. The van der Waals surface area contributed by atoms with E-state index in [1.165, 1.54) is 6.20 Å². The number of hydrogen-bond acceptors (Lipinski definition) is 3. The molecule has 1 aliphatic rings. The summed E-state index contributed by atoms with van der Waals surface area (Å²) in [6.45, 7) is 0. The van der Waals surface area contributed by atoms with Crippen molar-refractivity contribution < 1.29 is 5.11 Å². The molecule has 0 fully saturated rings. The summed E-state index contributed by atoms with van der Waals surface area (Å²) >= 11 is 0. The Balaban J connectivity index is 2.69. The Labute approximate surface area is 47.1 Å². The van der Waals surface area contributed by atoms with Crippen molar-refractivity contribution in [3.63, 3.8) is 0 Å². The maximum absolute atomic E-state index is 8.67. The molecule has 1 rings (SSSR count). The minimum Gasteiger partial charge on any atom is -0.493 e. The summed E-state index contributed by atoms with van der Waals surface area (Å²) in [5, 5.41) is 11.2. The van der Waals surface area contributed by atoms with E-state index in [9.17, 15) is 0 Å². The number of aliphatic hydroxyl groups excluding tert-OH is 1. The fourth-order valence-corrected chi connectivity index (χ4v) is 0.377. The Morgan fingerprint density at radius 3 is 3.38 bits per heavy atom. The summed E-state index contributed by atoms with van der Waals surface area (Å²) in [7, 11) is 0. The van der Waals surface area contributed by atoms with Crippen molar-refractivity contribution in [2.75, 3.05) is 0 Å². The lowest BCUT2D eigenvalue weighted by Gasteiger charge is -1.90. The first-order valence-electron chi connectivity index (χ1n) is 2.23. The van der Waals surface area contributed by atoms with Gasteiger partial charge in [0.25, 0.3) is 0 Å². The molecule has 3 heteroatoms. The molecule has 0 bridgehead atoms. The van der Waals surface area contributed by atoms with Gasteiger partial charge in [-0.15, -0.1) is 0 Å². The Bertz CT molecular complexity index is 158. The van der Waals surface area contributed by atoms with Crippen molar-refractivity contribution in [1.29, 1.82) is 0 Å². The average Bonchev–Trinajstić information content (AvgIpc) is 1.94. The summed E-state index contributed by atoms with van der Waals surface area (Å²) in [5.74, 6) is 0.0648. The molecular weight excluding hydrogens is 104 g/mol. The smallest absolute Gasteiger partial charge is 0.207 e. The molecule has 0 aromatic carbocycles. The topological polar surface area (TPSA) is 44.6 Å². The second-order valence-corrected chi connectivity index (χ2v) is 1.32. The van der Waals surface area contributed by atoms with Crippen molar-refractivity contribution >= 4 is 6.21 Å². The van der Waals surface area contributed by atoms with E-state index in [1.807, 2.05) is 0 Å². The molecule has 42 valence electrons. The lowest BCUT2D eigenvalue weighted by atomic mass is 10.7. The molecule has 0 saturated carbocycles. The zero-order valence-electron chi connectivity index (χ0n) is 4.20. The van der Waals surface area contributed by atoms with Crippen molar-refractivity contribution in [1.82, 2.24) is 5.32 Å². The Kier molecular flexibility index (Phi) is 1.32. The molecule has 8 heavy (non-hydrogen) atoms. The summed E-state index contributed by atoms with van der Waals surface area (Å²) in [4.78, 5) is 3.67. The molecule has 0 radical (unpaired) electrons. The van der Waals surface area contributed by atoms with Crippen LogP contribution >= 0.6 is 0 Å². The lowest BCUT2D eigenvalue weighted by Crippen LogP contribution is -2.01. The van der Waals surface area contributed by atoms with Crippen LogP contribution in [-0.4, -0.2) is 11.3 Å². The van der Waals surface area contributed by atoms with E-state index in [0.717, 1.165) is 0 Å². The van der Waals surface area contributed by atoms with Gasteiger partial charge in [-0.3, -0.25) is 4.99 Å². The van der Waals surface area contributed by atoms with Gasteiger partial charge in [0.15, 0.2) is 0 Å². The van der Waals surface area contributed by atoms with Gasteiger partial charge in [0.05, 0.1) is 6.20 Å². The van der Waals surface area contributed by atoms with E-state index in [-0.39, 0.29) is 5.88 Å². The van der Waals surface area contributed by atoms with E-state index in [2.05, 4.69) is 10.3 Å². The molecule has 0 amide bonds. The highest BCUT2D eigenvalue weighted by Crippen LogP contribution is 1.85. The number of aliphatic imine (C=N–C) groups is 1. The molecule has 3 nitrogen and oxygen atoms in total. The standard InChI is InChI=1S/C5H6N2O/c8-5-4-6-2-1-3-7-5/h1-4,7-8H. The number of allylic oxidation sites excluding steroid dienone is 1. The average molecular weight is 110 g/mol. The van der Waals surface area contributed by atoms with E-state index >= 15 is 0 Å². The predicted molar refractivity (Wildman–Crippen MR) is 31.5 cm³/mol. The number of aliphatic hydroxyl groups is 1. The zero-order chi connectivity index (χ0) is 5.82. The van der Waals surface area contributed by atoms with E-state index in [0.29, 0.717) is 0 Å². The van der Waals surface area contributed by atoms with Crippen molar-refractivity contribution in [3.8, 4) is 0 Å². The van der Waals surface area contributed by atoms with Gasteiger partial charge in [0.2, 0.25) is 5.88 Å². The van der Waals surface area contributed by atoms with E-state index in [4.69, 9.17) is 5.11 Å². The van der Waals surface area contributed by atoms with E-state index in [1.54, 1.807) is 18.5 Å². The highest BCUT2D eigenvalue weighted by atomic mass is 16.3. The summed E-state index contributed by atoms with van der Waals surface area (Å²) in [6.07, 6.45) is 6.21. The minimum absolute atomic E-state index is 0.0648. The molecule has 2 N–H and O–H groups in total. The first-order valence-corrected chi connectivity index (χ1v) is 2.23. The van der Waals surface area contributed by atoms with Crippen LogP contribution in [0, 0.1) is 0 Å². The maximum Gasteiger partial charge on any atom is 0.207 e. The van der Waals surface area contributed by atoms with Gasteiger partial charge in [-0.2, -0.15) is 0 Å². The highest BCUT2D eigenvalue weighted by Gasteiger charge is 1.84. The number of nitrogens with one attached hydrogen (secondary N) is 1. The van der Waals surface area contributed by atoms with Crippen LogP contribution in [0.2, 0.25) is 0 Å². The monoisotopic (exact) mass is 110 g/mol.